The molecule has 1 aromatic carbocycles. The van der Waals surface area contributed by atoms with E-state index in [1.54, 1.807) is 26.4 Å². The van der Waals surface area contributed by atoms with Crippen LogP contribution in [-0.4, -0.2) is 79.6 Å². The summed E-state index contributed by atoms with van der Waals surface area (Å²) in [5, 5.41) is 10.1. The Bertz CT molecular complexity index is 1010. The van der Waals surface area contributed by atoms with Gasteiger partial charge in [0, 0.05) is 43.2 Å². The molecule has 1 fully saturated rings. The summed E-state index contributed by atoms with van der Waals surface area (Å²) in [6.07, 6.45) is 0. The molecule has 1 aliphatic heterocycles. The predicted molar refractivity (Wildman–Crippen MR) is 139 cm³/mol. The summed E-state index contributed by atoms with van der Waals surface area (Å²) in [7, 11) is 3.10. The lowest BCUT2D eigenvalue weighted by atomic mass is 10.2. The number of nitrogens with zero attached hydrogens (tertiary/aromatic N) is 4. The second-order valence-corrected chi connectivity index (χ2v) is 8.37. The first-order valence-electron chi connectivity index (χ1n) is 10.8. The minimum atomic E-state index is 0.296. The third-order valence-corrected chi connectivity index (χ3v) is 5.46. The van der Waals surface area contributed by atoms with Crippen molar-refractivity contribution in [1.29, 1.82) is 0 Å². The summed E-state index contributed by atoms with van der Waals surface area (Å²) < 4.78 is 16.1. The fourth-order valence-corrected chi connectivity index (χ4v) is 3.78. The summed E-state index contributed by atoms with van der Waals surface area (Å²) in [5.74, 6) is 1.87. The molecule has 3 rings (SSSR count). The molecule has 3 N–H and O–H groups in total. The van der Waals surface area contributed by atoms with Crippen molar-refractivity contribution in [2.75, 3.05) is 64.2 Å². The maximum absolute atomic E-state index is 6.20. The van der Waals surface area contributed by atoms with Crippen molar-refractivity contribution in [3.8, 4) is 11.5 Å². The van der Waals surface area contributed by atoms with Gasteiger partial charge in [0.05, 0.1) is 44.7 Å². The normalized spacial score (nSPS) is 14.4. The molecule has 0 spiro atoms. The number of rotatable bonds is 7. The highest BCUT2D eigenvalue weighted by molar-refractivity contribution is 7.80. The molecular formula is C22H30ClN7O3S. The van der Waals surface area contributed by atoms with Crippen LogP contribution in [0.2, 0.25) is 5.02 Å². The fourth-order valence-electron chi connectivity index (χ4n) is 3.35. The highest BCUT2D eigenvalue weighted by Gasteiger charge is 2.14. The van der Waals surface area contributed by atoms with Crippen molar-refractivity contribution in [2.45, 2.75) is 13.8 Å². The fraction of sp³-hybridized carbons (Fsp3) is 0.455. The Hall–Kier alpha value is -2.73. The molecule has 0 amide bonds. The topological polar surface area (TPSA) is 105 Å². The van der Waals surface area contributed by atoms with E-state index in [0.717, 1.165) is 44.2 Å². The van der Waals surface area contributed by atoms with E-state index in [1.165, 1.54) is 0 Å². The number of hydrogen-bond donors (Lipinski definition) is 3. The number of hydrogen-bond acceptors (Lipinski definition) is 8. The lowest BCUT2D eigenvalue weighted by molar-refractivity contribution is 0.0394. The Balaban J connectivity index is 1.74. The predicted octanol–water partition coefficient (Wildman–Crippen LogP) is 2.85. The number of guanidine groups is 1. The molecule has 1 aromatic heterocycles. The molecular weight excluding hydrogens is 478 g/mol. The van der Waals surface area contributed by atoms with Crippen LogP contribution in [0.1, 0.15) is 11.4 Å². The van der Waals surface area contributed by atoms with E-state index in [4.69, 9.17) is 38.0 Å². The van der Waals surface area contributed by atoms with Crippen LogP contribution in [0.15, 0.2) is 23.2 Å². The van der Waals surface area contributed by atoms with Crippen molar-refractivity contribution in [3.63, 3.8) is 0 Å². The van der Waals surface area contributed by atoms with E-state index in [-0.39, 0.29) is 0 Å². The number of ether oxygens (including phenoxy) is 3. The van der Waals surface area contributed by atoms with E-state index < -0.39 is 0 Å². The zero-order valence-electron chi connectivity index (χ0n) is 19.8. The Morgan fingerprint density at radius 3 is 2.41 bits per heavy atom. The van der Waals surface area contributed by atoms with E-state index >= 15 is 0 Å². The zero-order valence-corrected chi connectivity index (χ0v) is 21.3. The molecule has 34 heavy (non-hydrogen) atoms. The number of morpholine rings is 1. The van der Waals surface area contributed by atoms with Gasteiger partial charge in [-0.15, -0.1) is 0 Å². The molecule has 0 atom stereocenters. The first kappa shape index (κ1) is 25.9. The molecule has 12 heteroatoms. The van der Waals surface area contributed by atoms with Gasteiger partial charge in [0.1, 0.15) is 11.5 Å². The maximum Gasteiger partial charge on any atom is 0.229 e. The van der Waals surface area contributed by atoms with Crippen molar-refractivity contribution < 1.29 is 14.2 Å². The highest BCUT2D eigenvalue weighted by atomic mass is 35.5. The summed E-state index contributed by atoms with van der Waals surface area (Å²) >= 11 is 11.7. The molecule has 1 saturated heterocycles. The van der Waals surface area contributed by atoms with Crippen molar-refractivity contribution in [2.24, 2.45) is 4.99 Å². The van der Waals surface area contributed by atoms with E-state index in [1.807, 2.05) is 19.9 Å². The van der Waals surface area contributed by atoms with Crippen LogP contribution in [0.5, 0.6) is 11.5 Å². The van der Waals surface area contributed by atoms with Crippen molar-refractivity contribution in [3.05, 3.63) is 34.6 Å². The SMILES string of the molecule is COc1cc(NC(=S)NC(=NCCN2CCOCC2)Nc2nc(C)cc(C)n2)c(OC)cc1Cl. The Morgan fingerprint density at radius 1 is 1.09 bits per heavy atom. The van der Waals surface area contributed by atoms with E-state index in [2.05, 4.69) is 35.8 Å². The van der Waals surface area contributed by atoms with E-state index in [9.17, 15) is 0 Å². The molecule has 0 unspecified atom stereocenters. The van der Waals surface area contributed by atoms with Gasteiger partial charge in [-0.2, -0.15) is 0 Å². The van der Waals surface area contributed by atoms with Crippen LogP contribution in [-0.2, 0) is 4.74 Å². The standard InChI is InChI=1S/C22H30ClN7O3S/c1-14-11-15(2)26-21(25-14)28-20(24-5-6-30-7-9-33-10-8-30)29-22(34)27-17-13-18(31-3)16(23)12-19(17)32-4/h11-13H,5-10H2,1-4H3,(H3,24,25,26,27,28,29,34). The Morgan fingerprint density at radius 2 is 1.76 bits per heavy atom. The van der Waals surface area contributed by atoms with Gasteiger partial charge in [0.15, 0.2) is 5.11 Å². The number of thiocarbonyl (C=S) groups is 1. The summed E-state index contributed by atoms with van der Waals surface area (Å²) in [4.78, 5) is 15.9. The second kappa shape index (κ2) is 12.7. The lowest BCUT2D eigenvalue weighted by Crippen LogP contribution is -2.41. The number of benzene rings is 1. The van der Waals surface area contributed by atoms with Gasteiger partial charge in [-0.3, -0.25) is 15.2 Å². The number of methoxy groups -OCH3 is 2. The first-order valence-corrected chi connectivity index (χ1v) is 11.6. The maximum atomic E-state index is 6.20. The minimum Gasteiger partial charge on any atom is -0.495 e. The quantitative estimate of drug-likeness (QED) is 0.294. The first-order chi connectivity index (χ1) is 16.4. The number of aromatic nitrogens is 2. The summed E-state index contributed by atoms with van der Waals surface area (Å²) in [5.41, 5.74) is 2.29. The van der Waals surface area contributed by atoms with Crippen LogP contribution in [0.3, 0.4) is 0 Å². The van der Waals surface area contributed by atoms with E-state index in [0.29, 0.717) is 45.8 Å². The highest BCUT2D eigenvalue weighted by Crippen LogP contribution is 2.35. The third kappa shape index (κ3) is 7.66. The van der Waals surface area contributed by atoms with Gasteiger partial charge in [-0.1, -0.05) is 11.6 Å². The number of halogens is 1. The van der Waals surface area contributed by atoms with Gasteiger partial charge in [-0.25, -0.2) is 9.97 Å². The number of anilines is 2. The molecule has 0 radical (unpaired) electrons. The van der Waals surface area contributed by atoms with Crippen LogP contribution >= 0.6 is 23.8 Å². The van der Waals surface area contributed by atoms with Gasteiger partial charge >= 0.3 is 0 Å². The average molecular weight is 508 g/mol. The Kier molecular flexibility index (Phi) is 9.63. The summed E-state index contributed by atoms with van der Waals surface area (Å²) in [6, 6.07) is 5.27. The minimum absolute atomic E-state index is 0.296. The molecule has 10 nitrogen and oxygen atoms in total. The molecule has 0 bridgehead atoms. The summed E-state index contributed by atoms with van der Waals surface area (Å²) in [6.45, 7) is 8.44. The van der Waals surface area contributed by atoms with Crippen LogP contribution in [0.25, 0.3) is 0 Å². The molecule has 184 valence electrons. The largest absolute Gasteiger partial charge is 0.495 e. The van der Waals surface area contributed by atoms with Crippen LogP contribution in [0, 0.1) is 13.8 Å². The van der Waals surface area contributed by atoms with Gasteiger partial charge in [0.2, 0.25) is 11.9 Å². The molecule has 1 aliphatic rings. The van der Waals surface area contributed by atoms with Crippen LogP contribution in [0.4, 0.5) is 11.6 Å². The smallest absolute Gasteiger partial charge is 0.229 e. The van der Waals surface area contributed by atoms with Gasteiger partial charge in [0.25, 0.3) is 0 Å². The van der Waals surface area contributed by atoms with Crippen molar-refractivity contribution in [1.82, 2.24) is 20.2 Å². The molecule has 0 saturated carbocycles. The third-order valence-electron chi connectivity index (χ3n) is 4.96. The van der Waals surface area contributed by atoms with Crippen molar-refractivity contribution >= 4 is 46.5 Å². The van der Waals surface area contributed by atoms with Gasteiger partial charge < -0.3 is 24.8 Å². The van der Waals surface area contributed by atoms with Gasteiger partial charge in [-0.05, 0) is 32.1 Å². The molecule has 0 aliphatic carbocycles. The molecule has 2 heterocycles. The Labute approximate surface area is 210 Å². The van der Waals surface area contributed by atoms with Crippen LogP contribution < -0.4 is 25.4 Å². The second-order valence-electron chi connectivity index (χ2n) is 7.55. The monoisotopic (exact) mass is 507 g/mol. The number of aliphatic imine (C=N–C) groups is 1. The molecule has 2 aromatic rings. The lowest BCUT2D eigenvalue weighted by Gasteiger charge is -2.25. The average Bonchev–Trinajstić information content (AvgIpc) is 2.79. The number of aryl methyl sites for hydroxylation is 2. The number of nitrogens with one attached hydrogen (secondary N) is 3. The zero-order chi connectivity index (χ0) is 24.5.